The molecule has 3 rings (SSSR count). The topological polar surface area (TPSA) is 97.9 Å². The van der Waals surface area contributed by atoms with Crippen molar-refractivity contribution in [2.24, 2.45) is 7.05 Å². The third-order valence-electron chi connectivity index (χ3n) is 2.61. The largest absolute Gasteiger partial charge is 0.451 e. The van der Waals surface area contributed by atoms with Crippen LogP contribution in [0.25, 0.3) is 11.0 Å². The van der Waals surface area contributed by atoms with E-state index in [2.05, 4.69) is 26.0 Å². The normalized spacial score (nSPS) is 10.5. The molecular weight excluding hydrogens is 292 g/mol. The number of thiocarbonyl (C=S) groups is 1. The molecule has 0 radical (unpaired) electrons. The lowest BCUT2D eigenvalue weighted by molar-refractivity contribution is 0.0953. The number of anilines is 1. The van der Waals surface area contributed by atoms with Crippen LogP contribution in [0.1, 0.15) is 10.6 Å². The third kappa shape index (κ3) is 2.87. The number of furan rings is 1. The van der Waals surface area contributed by atoms with Gasteiger partial charge < -0.3 is 4.42 Å². The number of hydrogen-bond donors (Lipinski definition) is 2. The summed E-state index contributed by atoms with van der Waals surface area (Å²) in [5.41, 5.74) is 0.636. The van der Waals surface area contributed by atoms with E-state index < -0.39 is 5.91 Å². The van der Waals surface area contributed by atoms with Crippen molar-refractivity contribution in [2.45, 2.75) is 0 Å². The van der Waals surface area contributed by atoms with E-state index in [1.807, 2.05) is 18.2 Å². The maximum Gasteiger partial charge on any atom is 0.293 e. The van der Waals surface area contributed by atoms with Gasteiger partial charge in [-0.1, -0.05) is 23.3 Å². The Morgan fingerprint density at radius 2 is 2.19 bits per heavy atom. The Bertz CT molecular complexity index is 791. The number of fused-ring (bicyclic) bond motifs is 1. The molecule has 0 saturated heterocycles. The number of nitrogens with one attached hydrogen (secondary N) is 2. The van der Waals surface area contributed by atoms with Crippen LogP contribution in [0.2, 0.25) is 0 Å². The van der Waals surface area contributed by atoms with Crippen LogP contribution in [-0.2, 0) is 7.05 Å². The summed E-state index contributed by atoms with van der Waals surface area (Å²) in [6.45, 7) is 0. The lowest BCUT2D eigenvalue weighted by Gasteiger charge is -2.03. The van der Waals surface area contributed by atoms with Gasteiger partial charge in [0.15, 0.2) is 10.9 Å². The number of aromatic nitrogens is 4. The zero-order valence-corrected chi connectivity index (χ0v) is 11.7. The average Bonchev–Trinajstić information content (AvgIpc) is 3.04. The SMILES string of the molecule is Cn1nnc(NC(=S)NC(=O)c2cc3ccccc3o2)n1. The first-order valence-electron chi connectivity index (χ1n) is 5.97. The zero-order valence-electron chi connectivity index (χ0n) is 10.9. The summed E-state index contributed by atoms with van der Waals surface area (Å²) in [4.78, 5) is 13.3. The van der Waals surface area contributed by atoms with Crippen molar-refractivity contribution in [1.29, 1.82) is 0 Å². The lowest BCUT2D eigenvalue weighted by Crippen LogP contribution is -2.34. The Kier molecular flexibility index (Phi) is 3.32. The molecule has 0 aliphatic rings. The van der Waals surface area contributed by atoms with E-state index in [9.17, 15) is 4.79 Å². The van der Waals surface area contributed by atoms with E-state index >= 15 is 0 Å². The van der Waals surface area contributed by atoms with Crippen LogP contribution >= 0.6 is 12.2 Å². The monoisotopic (exact) mass is 302 g/mol. The Morgan fingerprint density at radius 3 is 2.90 bits per heavy atom. The van der Waals surface area contributed by atoms with Crippen molar-refractivity contribution in [3.8, 4) is 0 Å². The number of hydrogen-bond acceptors (Lipinski definition) is 6. The lowest BCUT2D eigenvalue weighted by atomic mass is 10.2. The van der Waals surface area contributed by atoms with E-state index in [4.69, 9.17) is 16.6 Å². The predicted molar refractivity (Wildman–Crippen MR) is 78.7 cm³/mol. The number of amides is 1. The first-order chi connectivity index (χ1) is 10.1. The fourth-order valence-electron chi connectivity index (χ4n) is 1.73. The van der Waals surface area contributed by atoms with Crippen LogP contribution in [0.5, 0.6) is 0 Å². The van der Waals surface area contributed by atoms with Crippen LogP contribution in [0, 0.1) is 0 Å². The van der Waals surface area contributed by atoms with Crippen molar-refractivity contribution < 1.29 is 9.21 Å². The first kappa shape index (κ1) is 13.2. The van der Waals surface area contributed by atoms with Gasteiger partial charge in [0.1, 0.15) is 5.58 Å². The minimum absolute atomic E-state index is 0.0634. The molecule has 0 unspecified atom stereocenters. The molecule has 21 heavy (non-hydrogen) atoms. The van der Waals surface area contributed by atoms with Gasteiger partial charge in [0, 0.05) is 5.39 Å². The Morgan fingerprint density at radius 1 is 1.38 bits per heavy atom. The van der Waals surface area contributed by atoms with Gasteiger partial charge in [0.05, 0.1) is 7.05 Å². The number of nitrogens with zero attached hydrogens (tertiary/aromatic N) is 4. The molecule has 0 atom stereocenters. The van der Waals surface area contributed by atoms with Gasteiger partial charge in [-0.3, -0.25) is 15.4 Å². The third-order valence-corrected chi connectivity index (χ3v) is 2.81. The number of tetrazole rings is 1. The van der Waals surface area contributed by atoms with Crippen LogP contribution in [0.15, 0.2) is 34.7 Å². The fourth-order valence-corrected chi connectivity index (χ4v) is 1.91. The average molecular weight is 302 g/mol. The van der Waals surface area contributed by atoms with Crippen LogP contribution in [-0.4, -0.2) is 31.2 Å². The maximum absolute atomic E-state index is 12.0. The summed E-state index contributed by atoms with van der Waals surface area (Å²) in [5.74, 6) is -0.0764. The number of carbonyl (C=O) groups excluding carboxylic acids is 1. The molecular formula is C12H10N6O2S. The summed E-state index contributed by atoms with van der Waals surface area (Å²) in [7, 11) is 1.62. The molecule has 1 aromatic carbocycles. The van der Waals surface area contributed by atoms with Gasteiger partial charge in [0.25, 0.3) is 11.9 Å². The summed E-state index contributed by atoms with van der Waals surface area (Å²) < 4.78 is 5.44. The number of benzene rings is 1. The Balaban J connectivity index is 1.69. The van der Waals surface area contributed by atoms with E-state index in [0.29, 0.717) is 5.58 Å². The number of carbonyl (C=O) groups is 1. The highest BCUT2D eigenvalue weighted by Gasteiger charge is 2.14. The molecule has 8 nitrogen and oxygen atoms in total. The van der Waals surface area contributed by atoms with Crippen molar-refractivity contribution in [3.05, 3.63) is 36.1 Å². The number of rotatable bonds is 2. The van der Waals surface area contributed by atoms with Gasteiger partial charge in [-0.15, -0.1) is 5.10 Å². The predicted octanol–water partition coefficient (Wildman–Crippen LogP) is 1.08. The molecule has 0 spiro atoms. The molecule has 0 bridgehead atoms. The van der Waals surface area contributed by atoms with Gasteiger partial charge in [-0.2, -0.15) is 4.80 Å². The van der Waals surface area contributed by atoms with Crippen molar-refractivity contribution >= 4 is 40.2 Å². The number of aryl methyl sites for hydroxylation is 1. The van der Waals surface area contributed by atoms with Crippen molar-refractivity contribution in [1.82, 2.24) is 25.5 Å². The molecule has 0 fully saturated rings. The summed E-state index contributed by atoms with van der Waals surface area (Å²) in [6.07, 6.45) is 0. The zero-order chi connectivity index (χ0) is 14.8. The molecule has 0 aliphatic carbocycles. The molecule has 9 heteroatoms. The quantitative estimate of drug-likeness (QED) is 0.684. The highest BCUT2D eigenvalue weighted by molar-refractivity contribution is 7.80. The summed E-state index contributed by atoms with van der Waals surface area (Å²) >= 11 is 5.00. The minimum Gasteiger partial charge on any atom is -0.451 e. The van der Waals surface area contributed by atoms with E-state index in [0.717, 1.165) is 5.39 Å². The highest BCUT2D eigenvalue weighted by Crippen LogP contribution is 2.18. The molecule has 106 valence electrons. The smallest absolute Gasteiger partial charge is 0.293 e. The van der Waals surface area contributed by atoms with Gasteiger partial charge in [0.2, 0.25) is 0 Å². The van der Waals surface area contributed by atoms with Crippen LogP contribution in [0.4, 0.5) is 5.95 Å². The first-order valence-corrected chi connectivity index (χ1v) is 6.37. The van der Waals surface area contributed by atoms with Crippen molar-refractivity contribution in [3.63, 3.8) is 0 Å². The molecule has 0 aliphatic heterocycles. The van der Waals surface area contributed by atoms with E-state index in [1.165, 1.54) is 4.80 Å². The molecule has 0 saturated carbocycles. The van der Waals surface area contributed by atoms with E-state index in [1.54, 1.807) is 19.2 Å². The Labute approximate surface area is 124 Å². The molecule has 2 heterocycles. The Hall–Kier alpha value is -2.81. The van der Waals surface area contributed by atoms with Gasteiger partial charge >= 0.3 is 0 Å². The highest BCUT2D eigenvalue weighted by atomic mass is 32.1. The summed E-state index contributed by atoms with van der Waals surface area (Å²) in [5, 5.41) is 17.3. The molecule has 2 N–H and O–H groups in total. The number of para-hydroxylation sites is 1. The van der Waals surface area contributed by atoms with E-state index in [-0.39, 0.29) is 16.8 Å². The maximum atomic E-state index is 12.0. The second kappa shape index (κ2) is 5.29. The summed E-state index contributed by atoms with van der Waals surface area (Å²) in [6, 6.07) is 8.99. The second-order valence-electron chi connectivity index (χ2n) is 4.16. The minimum atomic E-state index is -0.451. The molecule has 3 aromatic rings. The van der Waals surface area contributed by atoms with Gasteiger partial charge in [-0.25, -0.2) is 0 Å². The second-order valence-corrected chi connectivity index (χ2v) is 4.57. The van der Waals surface area contributed by atoms with Crippen LogP contribution in [0.3, 0.4) is 0 Å². The van der Waals surface area contributed by atoms with Crippen LogP contribution < -0.4 is 10.6 Å². The molecule has 2 aromatic heterocycles. The standard InChI is InChI=1S/C12H10N6O2S/c1-18-16-11(15-17-18)14-12(21)13-10(19)9-6-7-4-2-3-5-8(7)20-9/h2-6H,1H3,(H2,13,14,16,19,21). The fraction of sp³-hybridized carbons (Fsp3) is 0.0833. The molecule has 1 amide bonds. The van der Waals surface area contributed by atoms with Crippen molar-refractivity contribution in [2.75, 3.05) is 5.32 Å². The van der Waals surface area contributed by atoms with Gasteiger partial charge in [-0.05, 0) is 29.6 Å².